The zero-order valence-corrected chi connectivity index (χ0v) is 23.7. The second kappa shape index (κ2) is 10.2. The first-order valence-electron chi connectivity index (χ1n) is 13.3. The molecule has 0 bridgehead atoms. The van der Waals surface area contributed by atoms with Crippen LogP contribution in [0, 0.1) is 0 Å². The van der Waals surface area contributed by atoms with E-state index < -0.39 is 28.0 Å². The topological polar surface area (TPSA) is 122 Å². The van der Waals surface area contributed by atoms with Crippen molar-refractivity contribution in [1.29, 1.82) is 0 Å². The molecule has 0 unspecified atom stereocenters. The summed E-state index contributed by atoms with van der Waals surface area (Å²) in [6.07, 6.45) is 9.52. The molecular weight excluding hydrogens is 502 g/mol. The first-order valence-corrected chi connectivity index (χ1v) is 14.6. The lowest BCUT2D eigenvalue weighted by Crippen LogP contribution is -2.46. The van der Waals surface area contributed by atoms with Crippen molar-refractivity contribution in [2.24, 2.45) is 0 Å². The molecule has 1 saturated carbocycles. The number of carbonyl (C=O) groups excluding carboxylic acids is 1. The highest BCUT2D eigenvalue weighted by molar-refractivity contribution is 7.85. The smallest absolute Gasteiger partial charge is 0.407 e. The van der Waals surface area contributed by atoms with E-state index in [2.05, 4.69) is 31.6 Å². The van der Waals surface area contributed by atoms with Gasteiger partial charge < -0.3 is 20.3 Å². The highest BCUT2D eigenvalue weighted by Gasteiger charge is 2.31. The summed E-state index contributed by atoms with van der Waals surface area (Å²) in [6, 6.07) is 0. The van der Waals surface area contributed by atoms with Crippen LogP contribution in [0.25, 0.3) is 5.57 Å². The number of aromatic nitrogens is 4. The van der Waals surface area contributed by atoms with E-state index in [-0.39, 0.29) is 0 Å². The zero-order valence-electron chi connectivity index (χ0n) is 22.8. The van der Waals surface area contributed by atoms with Gasteiger partial charge in [0.15, 0.2) is 5.82 Å². The van der Waals surface area contributed by atoms with Gasteiger partial charge >= 0.3 is 6.09 Å². The molecule has 10 nitrogen and oxygen atoms in total. The maximum atomic E-state index is 12.8. The van der Waals surface area contributed by atoms with Crippen molar-refractivity contribution in [3.63, 3.8) is 0 Å². The van der Waals surface area contributed by atoms with Crippen LogP contribution in [-0.4, -0.2) is 66.8 Å². The molecule has 1 amide bonds. The summed E-state index contributed by atoms with van der Waals surface area (Å²) < 4.78 is 18.2. The SMILES string of the molecule is CC(C)(CNC(=O)OC(C)(C)C)Nc1nc(N2CC=C(c3ncc(C4CC4)cn3)CC2)nc2c1[S@](=O)CC2. The van der Waals surface area contributed by atoms with Crippen molar-refractivity contribution < 1.29 is 13.7 Å². The van der Waals surface area contributed by atoms with E-state index in [0.717, 1.165) is 30.1 Å². The average molecular weight is 540 g/mol. The van der Waals surface area contributed by atoms with Crippen molar-refractivity contribution in [1.82, 2.24) is 25.3 Å². The number of hydrogen-bond acceptors (Lipinski definition) is 9. The lowest BCUT2D eigenvalue weighted by Gasteiger charge is -2.30. The standard InChI is InChI=1S/C27H37N7O3S/c1-26(2,3)37-25(35)30-16-27(4,5)33-23-21-20(10-13-38(21)36)31-24(32-23)34-11-8-18(9-12-34)22-28-14-19(15-29-22)17-6-7-17/h8,14-15,17H,6-7,9-13,16H2,1-5H3,(H,30,35)(H,31,32,33)/t38-/m1/s1. The number of carbonyl (C=O) groups is 1. The minimum Gasteiger partial charge on any atom is -0.444 e. The monoisotopic (exact) mass is 539 g/mol. The van der Waals surface area contributed by atoms with Gasteiger partial charge in [-0.3, -0.25) is 4.21 Å². The van der Waals surface area contributed by atoms with Crippen LogP contribution in [0.3, 0.4) is 0 Å². The molecule has 11 heteroatoms. The molecular formula is C27H37N7O3S. The van der Waals surface area contributed by atoms with Crippen LogP contribution in [0.4, 0.5) is 16.6 Å². The van der Waals surface area contributed by atoms with Gasteiger partial charge in [0, 0.05) is 44.2 Å². The number of anilines is 2. The molecule has 0 radical (unpaired) electrons. The summed E-state index contributed by atoms with van der Waals surface area (Å²) in [4.78, 5) is 33.8. The van der Waals surface area contributed by atoms with E-state index >= 15 is 0 Å². The lowest BCUT2D eigenvalue weighted by atomic mass is 10.1. The normalized spacial score (nSPS) is 19.6. The van der Waals surface area contributed by atoms with Crippen LogP contribution in [0.5, 0.6) is 0 Å². The molecule has 0 saturated heterocycles. The van der Waals surface area contributed by atoms with Crippen molar-refractivity contribution >= 4 is 34.2 Å². The number of rotatable bonds is 7. The van der Waals surface area contributed by atoms with Gasteiger partial charge in [0.05, 0.1) is 22.0 Å². The molecule has 38 heavy (non-hydrogen) atoms. The fourth-order valence-corrected chi connectivity index (χ4v) is 5.87. The third-order valence-electron chi connectivity index (χ3n) is 6.71. The van der Waals surface area contributed by atoms with E-state index in [9.17, 15) is 9.00 Å². The van der Waals surface area contributed by atoms with Crippen LogP contribution < -0.4 is 15.5 Å². The van der Waals surface area contributed by atoms with Gasteiger partial charge in [-0.05, 0) is 70.9 Å². The molecule has 2 aliphatic heterocycles. The second-order valence-corrected chi connectivity index (χ2v) is 13.4. The quantitative estimate of drug-likeness (QED) is 0.541. The number of aryl methyl sites for hydroxylation is 1. The molecule has 2 N–H and O–H groups in total. The number of alkyl carbamates (subject to hydrolysis) is 1. The van der Waals surface area contributed by atoms with Gasteiger partial charge in [-0.25, -0.2) is 19.7 Å². The van der Waals surface area contributed by atoms with Crippen LogP contribution in [0.15, 0.2) is 23.4 Å². The molecule has 1 aliphatic carbocycles. The number of nitrogens with zero attached hydrogens (tertiary/aromatic N) is 5. The Morgan fingerprint density at radius 3 is 2.50 bits per heavy atom. The summed E-state index contributed by atoms with van der Waals surface area (Å²) in [5.74, 6) is 3.15. The van der Waals surface area contributed by atoms with Crippen molar-refractivity contribution in [3.8, 4) is 0 Å². The molecule has 0 aromatic carbocycles. The van der Waals surface area contributed by atoms with E-state index in [4.69, 9.17) is 14.7 Å². The van der Waals surface area contributed by atoms with E-state index in [0.29, 0.717) is 47.8 Å². The first kappa shape index (κ1) is 26.5. The number of amides is 1. The highest BCUT2D eigenvalue weighted by Crippen LogP contribution is 2.39. The van der Waals surface area contributed by atoms with Gasteiger partial charge in [-0.1, -0.05) is 6.08 Å². The van der Waals surface area contributed by atoms with Gasteiger partial charge in [0.2, 0.25) is 5.95 Å². The van der Waals surface area contributed by atoms with Crippen LogP contribution in [0.1, 0.15) is 76.9 Å². The summed E-state index contributed by atoms with van der Waals surface area (Å²) >= 11 is 0. The van der Waals surface area contributed by atoms with E-state index in [1.54, 1.807) is 0 Å². The summed E-state index contributed by atoms with van der Waals surface area (Å²) in [6.45, 7) is 11.1. The second-order valence-electron chi connectivity index (χ2n) is 11.9. The van der Waals surface area contributed by atoms with Crippen molar-refractivity contribution in [3.05, 3.63) is 35.6 Å². The third kappa shape index (κ3) is 6.31. The fraction of sp³-hybridized carbons (Fsp3) is 0.593. The van der Waals surface area contributed by atoms with Crippen molar-refractivity contribution in [2.45, 2.75) is 82.3 Å². The van der Waals surface area contributed by atoms with Gasteiger partial charge in [0.25, 0.3) is 0 Å². The predicted octanol–water partition coefficient (Wildman–Crippen LogP) is 3.82. The molecule has 3 aliphatic rings. The van der Waals surface area contributed by atoms with Gasteiger partial charge in [0.1, 0.15) is 16.3 Å². The molecule has 1 atom stereocenters. The number of ether oxygens (including phenoxy) is 1. The Kier molecular flexibility index (Phi) is 7.15. The van der Waals surface area contributed by atoms with Gasteiger partial charge in [-0.15, -0.1) is 0 Å². The predicted molar refractivity (Wildman–Crippen MR) is 148 cm³/mol. The summed E-state index contributed by atoms with van der Waals surface area (Å²) in [7, 11) is -1.16. The Bertz CT molecular complexity index is 1270. The highest BCUT2D eigenvalue weighted by atomic mass is 32.2. The van der Waals surface area contributed by atoms with Crippen molar-refractivity contribution in [2.75, 3.05) is 35.6 Å². The average Bonchev–Trinajstić information content (AvgIpc) is 3.64. The van der Waals surface area contributed by atoms with E-state index in [1.165, 1.54) is 18.4 Å². The fourth-order valence-electron chi connectivity index (χ4n) is 4.57. The minimum atomic E-state index is -1.16. The maximum absolute atomic E-state index is 12.8. The largest absolute Gasteiger partial charge is 0.444 e. The molecule has 1 fully saturated rings. The maximum Gasteiger partial charge on any atom is 0.407 e. The Morgan fingerprint density at radius 1 is 1.13 bits per heavy atom. The number of nitrogens with one attached hydrogen (secondary N) is 2. The molecule has 204 valence electrons. The van der Waals surface area contributed by atoms with Crippen LogP contribution in [0.2, 0.25) is 0 Å². The molecule has 0 spiro atoms. The lowest BCUT2D eigenvalue weighted by molar-refractivity contribution is 0.0519. The van der Waals surface area contributed by atoms with Crippen LogP contribution in [-0.2, 0) is 22.0 Å². The Morgan fingerprint density at radius 2 is 1.87 bits per heavy atom. The first-order chi connectivity index (χ1) is 18.0. The number of fused-ring (bicyclic) bond motifs is 1. The number of hydrogen-bond donors (Lipinski definition) is 2. The molecule has 2 aromatic heterocycles. The Balaban J connectivity index is 1.30. The van der Waals surface area contributed by atoms with Gasteiger partial charge in [-0.2, -0.15) is 4.98 Å². The van der Waals surface area contributed by atoms with E-state index in [1.807, 2.05) is 47.0 Å². The Hall–Kier alpha value is -3.08. The zero-order chi connectivity index (χ0) is 27.1. The Labute approximate surface area is 226 Å². The summed E-state index contributed by atoms with van der Waals surface area (Å²) in [5.41, 5.74) is 2.05. The minimum absolute atomic E-state index is 0.304. The van der Waals surface area contributed by atoms with Crippen LogP contribution >= 0.6 is 0 Å². The summed E-state index contributed by atoms with van der Waals surface area (Å²) in [5, 5.41) is 6.24. The molecule has 2 aromatic rings. The third-order valence-corrected chi connectivity index (χ3v) is 8.17. The molecule has 4 heterocycles. The molecule has 5 rings (SSSR count).